The third kappa shape index (κ3) is 2.34. The zero-order valence-corrected chi connectivity index (χ0v) is 13.5. The van der Waals surface area contributed by atoms with Crippen molar-refractivity contribution in [2.45, 2.75) is 58.5 Å². The van der Waals surface area contributed by atoms with Gasteiger partial charge in [-0.05, 0) is 80.7 Å². The minimum Gasteiger partial charge on any atom is -0.313 e. The molecular formula is C18H29N3. The summed E-state index contributed by atoms with van der Waals surface area (Å²) >= 11 is 0. The van der Waals surface area contributed by atoms with E-state index in [2.05, 4.69) is 41.3 Å². The SMILES string of the molecule is CCCNC(Cc1cnn(CC)c1)C1C2C3CCC(C3)C21. The van der Waals surface area contributed by atoms with Gasteiger partial charge in [0.1, 0.15) is 0 Å². The molecule has 116 valence electrons. The molecule has 0 amide bonds. The van der Waals surface area contributed by atoms with Gasteiger partial charge < -0.3 is 5.32 Å². The van der Waals surface area contributed by atoms with Crippen LogP contribution < -0.4 is 5.32 Å². The van der Waals surface area contributed by atoms with Crippen molar-refractivity contribution in [3.63, 3.8) is 0 Å². The van der Waals surface area contributed by atoms with Gasteiger partial charge in [-0.25, -0.2) is 0 Å². The van der Waals surface area contributed by atoms with Crippen molar-refractivity contribution in [3.05, 3.63) is 18.0 Å². The Morgan fingerprint density at radius 1 is 1.29 bits per heavy atom. The van der Waals surface area contributed by atoms with Gasteiger partial charge in [0.15, 0.2) is 0 Å². The first-order valence-corrected chi connectivity index (χ1v) is 9.06. The summed E-state index contributed by atoms with van der Waals surface area (Å²) in [6, 6.07) is 0.692. The van der Waals surface area contributed by atoms with Crippen LogP contribution in [0.3, 0.4) is 0 Å². The van der Waals surface area contributed by atoms with E-state index in [0.29, 0.717) is 6.04 Å². The zero-order valence-electron chi connectivity index (χ0n) is 13.5. The van der Waals surface area contributed by atoms with Gasteiger partial charge in [-0.15, -0.1) is 0 Å². The van der Waals surface area contributed by atoms with Gasteiger partial charge in [-0.2, -0.15) is 5.10 Å². The van der Waals surface area contributed by atoms with Gasteiger partial charge in [0.2, 0.25) is 0 Å². The van der Waals surface area contributed by atoms with Crippen LogP contribution in [0.2, 0.25) is 0 Å². The van der Waals surface area contributed by atoms with Crippen molar-refractivity contribution < 1.29 is 0 Å². The highest BCUT2D eigenvalue weighted by Gasteiger charge is 2.66. The topological polar surface area (TPSA) is 29.9 Å². The average Bonchev–Trinajstić information content (AvgIpc) is 2.89. The fraction of sp³-hybridized carbons (Fsp3) is 0.833. The molecule has 3 aliphatic rings. The van der Waals surface area contributed by atoms with Crippen LogP contribution in [0.1, 0.15) is 45.1 Å². The van der Waals surface area contributed by atoms with Gasteiger partial charge in [0, 0.05) is 18.8 Å². The van der Waals surface area contributed by atoms with Crippen molar-refractivity contribution in [2.75, 3.05) is 6.54 Å². The lowest BCUT2D eigenvalue weighted by atomic mass is 9.94. The molecule has 1 aromatic rings. The summed E-state index contributed by atoms with van der Waals surface area (Å²) in [5.74, 6) is 5.26. The van der Waals surface area contributed by atoms with Crippen LogP contribution in [0.5, 0.6) is 0 Å². The Labute approximate surface area is 128 Å². The summed E-state index contributed by atoms with van der Waals surface area (Å²) in [6.07, 6.45) is 11.3. The Hall–Kier alpha value is -0.830. The summed E-state index contributed by atoms with van der Waals surface area (Å²) in [6.45, 7) is 6.58. The maximum absolute atomic E-state index is 4.45. The van der Waals surface area contributed by atoms with Gasteiger partial charge in [0.25, 0.3) is 0 Å². The van der Waals surface area contributed by atoms with Crippen molar-refractivity contribution in [1.29, 1.82) is 0 Å². The highest BCUT2D eigenvalue weighted by molar-refractivity contribution is 5.18. The van der Waals surface area contributed by atoms with Crippen molar-refractivity contribution in [1.82, 2.24) is 15.1 Å². The molecule has 3 saturated carbocycles. The number of aryl methyl sites for hydroxylation is 1. The van der Waals surface area contributed by atoms with Crippen molar-refractivity contribution in [3.8, 4) is 0 Å². The number of hydrogen-bond acceptors (Lipinski definition) is 2. The second kappa shape index (κ2) is 5.42. The molecule has 3 fully saturated rings. The molecule has 1 aromatic heterocycles. The molecule has 21 heavy (non-hydrogen) atoms. The van der Waals surface area contributed by atoms with E-state index < -0.39 is 0 Å². The number of nitrogens with zero attached hydrogens (tertiary/aromatic N) is 2. The number of aromatic nitrogens is 2. The van der Waals surface area contributed by atoms with Crippen molar-refractivity contribution >= 4 is 0 Å². The smallest absolute Gasteiger partial charge is 0.0522 e. The van der Waals surface area contributed by atoms with Gasteiger partial charge in [-0.3, -0.25) is 4.68 Å². The molecule has 2 bridgehead atoms. The summed E-state index contributed by atoms with van der Waals surface area (Å²) in [5.41, 5.74) is 1.42. The van der Waals surface area contributed by atoms with Gasteiger partial charge >= 0.3 is 0 Å². The molecule has 0 radical (unpaired) electrons. The Morgan fingerprint density at radius 3 is 2.67 bits per heavy atom. The van der Waals surface area contributed by atoms with Crippen LogP contribution in [0.4, 0.5) is 0 Å². The summed E-state index contributed by atoms with van der Waals surface area (Å²) in [7, 11) is 0. The molecule has 5 unspecified atom stereocenters. The Bertz CT molecular complexity index is 478. The van der Waals surface area contributed by atoms with E-state index >= 15 is 0 Å². The third-order valence-electron chi connectivity index (χ3n) is 6.38. The summed E-state index contributed by atoms with van der Waals surface area (Å²) in [4.78, 5) is 0. The zero-order chi connectivity index (χ0) is 14.4. The molecule has 3 aliphatic carbocycles. The lowest BCUT2D eigenvalue weighted by molar-refractivity contribution is 0.361. The number of fused-ring (bicyclic) bond motifs is 5. The van der Waals surface area contributed by atoms with Crippen LogP contribution in [-0.2, 0) is 13.0 Å². The first kappa shape index (κ1) is 13.8. The van der Waals surface area contributed by atoms with Gasteiger partial charge in [0.05, 0.1) is 6.20 Å². The minimum atomic E-state index is 0.692. The molecule has 3 heteroatoms. The first-order chi connectivity index (χ1) is 10.3. The molecular weight excluding hydrogens is 258 g/mol. The number of nitrogens with one attached hydrogen (secondary N) is 1. The van der Waals surface area contributed by atoms with E-state index in [4.69, 9.17) is 0 Å². The number of hydrogen-bond donors (Lipinski definition) is 1. The number of rotatable bonds is 7. The maximum Gasteiger partial charge on any atom is 0.0522 e. The van der Waals surface area contributed by atoms with E-state index in [1.807, 2.05) is 0 Å². The highest BCUT2D eigenvalue weighted by Crippen LogP contribution is 2.70. The molecule has 1 heterocycles. The lowest BCUT2D eigenvalue weighted by Crippen LogP contribution is -2.35. The highest BCUT2D eigenvalue weighted by atomic mass is 15.3. The second-order valence-electron chi connectivity index (χ2n) is 7.53. The normalized spacial score (nSPS) is 37.7. The predicted molar refractivity (Wildman–Crippen MR) is 85.0 cm³/mol. The predicted octanol–water partition coefficient (Wildman–Crippen LogP) is 3.11. The first-order valence-electron chi connectivity index (χ1n) is 9.06. The fourth-order valence-corrected chi connectivity index (χ4v) is 5.54. The molecule has 0 aromatic carbocycles. The van der Waals surface area contributed by atoms with E-state index in [1.165, 1.54) is 31.2 Å². The largest absolute Gasteiger partial charge is 0.313 e. The minimum absolute atomic E-state index is 0.692. The van der Waals surface area contributed by atoms with E-state index in [9.17, 15) is 0 Å². The molecule has 4 rings (SSSR count). The maximum atomic E-state index is 4.45. The Morgan fingerprint density at radius 2 is 2.05 bits per heavy atom. The van der Waals surface area contributed by atoms with E-state index in [1.54, 1.807) is 6.42 Å². The second-order valence-corrected chi connectivity index (χ2v) is 7.53. The van der Waals surface area contributed by atoms with E-state index in [-0.39, 0.29) is 0 Å². The molecule has 0 aliphatic heterocycles. The summed E-state index contributed by atoms with van der Waals surface area (Å²) in [5, 5.41) is 8.32. The molecule has 0 saturated heterocycles. The van der Waals surface area contributed by atoms with Gasteiger partial charge in [-0.1, -0.05) is 6.92 Å². The van der Waals surface area contributed by atoms with E-state index in [0.717, 1.165) is 42.7 Å². The van der Waals surface area contributed by atoms with Crippen LogP contribution in [0.25, 0.3) is 0 Å². The molecule has 3 nitrogen and oxygen atoms in total. The molecule has 0 spiro atoms. The quantitative estimate of drug-likeness (QED) is 0.835. The van der Waals surface area contributed by atoms with Crippen LogP contribution >= 0.6 is 0 Å². The monoisotopic (exact) mass is 287 g/mol. The molecule has 1 N–H and O–H groups in total. The van der Waals surface area contributed by atoms with Crippen LogP contribution in [0.15, 0.2) is 12.4 Å². The lowest BCUT2D eigenvalue weighted by Gasteiger charge is -2.21. The standard InChI is InChI=1S/C18H29N3/c1-3-7-19-15(8-12-10-20-21(4-2)11-12)18-16-13-5-6-14(9-13)17(16)18/h10-11,13-19H,3-9H2,1-2H3. The molecule has 5 atom stereocenters. The Balaban J connectivity index is 1.45. The van der Waals surface area contributed by atoms with Crippen LogP contribution in [-0.4, -0.2) is 22.4 Å². The average molecular weight is 287 g/mol. The van der Waals surface area contributed by atoms with Crippen LogP contribution in [0, 0.1) is 29.6 Å². The fourth-order valence-electron chi connectivity index (χ4n) is 5.54. The summed E-state index contributed by atoms with van der Waals surface area (Å²) < 4.78 is 2.06. The van der Waals surface area contributed by atoms with Crippen molar-refractivity contribution in [2.24, 2.45) is 29.6 Å². The third-order valence-corrected chi connectivity index (χ3v) is 6.38. The Kier molecular flexibility index (Phi) is 3.56.